The average molecular weight is 345 g/mol. The maximum Gasteiger partial charge on any atom is 0.318 e. The van der Waals surface area contributed by atoms with Gasteiger partial charge >= 0.3 is 6.03 Å². The Morgan fingerprint density at radius 1 is 1.50 bits per heavy atom. The topological polar surface area (TPSA) is 65.5 Å². The van der Waals surface area contributed by atoms with Crippen molar-refractivity contribution in [3.05, 3.63) is 52.0 Å². The summed E-state index contributed by atoms with van der Waals surface area (Å²) < 4.78 is 0. The number of nitrogens with zero attached hydrogens (tertiary/aromatic N) is 2. The summed E-state index contributed by atoms with van der Waals surface area (Å²) in [5.41, 5.74) is 2.55. The molecule has 1 heterocycles. The highest BCUT2D eigenvalue weighted by molar-refractivity contribution is 7.09. The highest BCUT2D eigenvalue weighted by Crippen LogP contribution is 2.35. The molecule has 0 spiro atoms. The van der Waals surface area contributed by atoms with Gasteiger partial charge in [0.15, 0.2) is 0 Å². The number of aliphatic hydroxyl groups is 1. The molecule has 0 saturated heterocycles. The van der Waals surface area contributed by atoms with Crippen molar-refractivity contribution in [2.75, 3.05) is 13.2 Å². The lowest BCUT2D eigenvalue weighted by Gasteiger charge is -2.31. The van der Waals surface area contributed by atoms with Crippen LogP contribution in [0.4, 0.5) is 4.79 Å². The third-order valence-corrected chi connectivity index (χ3v) is 5.42. The largest absolute Gasteiger partial charge is 0.396 e. The Balaban J connectivity index is 1.75. The normalized spacial score (nSPS) is 17.3. The molecule has 0 saturated carbocycles. The van der Waals surface area contributed by atoms with Crippen molar-refractivity contribution in [3.63, 3.8) is 0 Å². The van der Waals surface area contributed by atoms with Crippen molar-refractivity contribution in [2.45, 2.75) is 38.3 Å². The van der Waals surface area contributed by atoms with E-state index in [0.717, 1.165) is 17.8 Å². The SMILES string of the molecule is C[C@H](NC(=O)N(CCCO)[C@@H]1CCc2ccccc21)c1nccs1. The van der Waals surface area contributed by atoms with Crippen LogP contribution in [0.3, 0.4) is 0 Å². The molecule has 2 N–H and O–H groups in total. The van der Waals surface area contributed by atoms with Gasteiger partial charge in [-0.25, -0.2) is 9.78 Å². The first-order valence-electron chi connectivity index (χ1n) is 8.36. The Morgan fingerprint density at radius 3 is 3.08 bits per heavy atom. The summed E-state index contributed by atoms with van der Waals surface area (Å²) in [5, 5.41) is 15.1. The predicted octanol–water partition coefficient (Wildman–Crippen LogP) is 3.29. The second-order valence-corrected chi connectivity index (χ2v) is 6.99. The number of aryl methyl sites for hydroxylation is 1. The van der Waals surface area contributed by atoms with Crippen LogP contribution in [0.25, 0.3) is 0 Å². The van der Waals surface area contributed by atoms with Gasteiger partial charge in [0.25, 0.3) is 0 Å². The molecule has 5 nitrogen and oxygen atoms in total. The number of aromatic nitrogens is 1. The Labute approximate surface area is 146 Å². The van der Waals surface area contributed by atoms with Crippen LogP contribution in [-0.2, 0) is 6.42 Å². The van der Waals surface area contributed by atoms with Crippen molar-refractivity contribution in [1.29, 1.82) is 0 Å². The van der Waals surface area contributed by atoms with Crippen LogP contribution < -0.4 is 5.32 Å². The predicted molar refractivity (Wildman–Crippen MR) is 95.0 cm³/mol. The van der Waals surface area contributed by atoms with E-state index in [1.807, 2.05) is 29.3 Å². The molecule has 0 aliphatic heterocycles. The lowest BCUT2D eigenvalue weighted by Crippen LogP contribution is -2.43. The fourth-order valence-electron chi connectivity index (χ4n) is 3.28. The first-order valence-corrected chi connectivity index (χ1v) is 9.24. The quantitative estimate of drug-likeness (QED) is 0.844. The number of urea groups is 1. The first-order chi connectivity index (χ1) is 11.7. The van der Waals surface area contributed by atoms with Gasteiger partial charge in [-0.05, 0) is 37.3 Å². The van der Waals surface area contributed by atoms with E-state index in [9.17, 15) is 9.90 Å². The number of fused-ring (bicyclic) bond motifs is 1. The number of rotatable bonds is 6. The lowest BCUT2D eigenvalue weighted by molar-refractivity contribution is 0.162. The van der Waals surface area contributed by atoms with Gasteiger partial charge in [0.1, 0.15) is 5.01 Å². The summed E-state index contributed by atoms with van der Waals surface area (Å²) in [5.74, 6) is 0. The zero-order valence-corrected chi connectivity index (χ0v) is 14.6. The van der Waals surface area contributed by atoms with Crippen LogP contribution in [0.5, 0.6) is 0 Å². The lowest BCUT2D eigenvalue weighted by atomic mass is 10.1. The molecule has 128 valence electrons. The number of amides is 2. The maximum atomic E-state index is 12.9. The van der Waals surface area contributed by atoms with Gasteiger partial charge in [0.2, 0.25) is 0 Å². The molecule has 2 amide bonds. The second-order valence-electron chi connectivity index (χ2n) is 6.07. The summed E-state index contributed by atoms with van der Waals surface area (Å²) in [4.78, 5) is 19.0. The third kappa shape index (κ3) is 3.60. The minimum atomic E-state index is -0.120. The Kier molecular flexibility index (Phi) is 5.48. The highest BCUT2D eigenvalue weighted by atomic mass is 32.1. The molecular weight excluding hydrogens is 322 g/mol. The molecule has 1 aromatic heterocycles. The Morgan fingerprint density at radius 2 is 2.33 bits per heavy atom. The van der Waals surface area contributed by atoms with Gasteiger partial charge in [-0.3, -0.25) is 0 Å². The summed E-state index contributed by atoms with van der Waals surface area (Å²) in [6.07, 6.45) is 4.26. The standard InChI is InChI=1S/C18H23N3O2S/c1-13(17-19-9-12-24-17)20-18(23)21(10-4-11-22)16-8-7-14-5-2-3-6-15(14)16/h2-3,5-6,9,12-13,16,22H,4,7-8,10-11H2,1H3,(H,20,23)/t13-,16+/m0/s1. The maximum absolute atomic E-state index is 12.9. The van der Waals surface area contributed by atoms with E-state index in [0.29, 0.717) is 13.0 Å². The van der Waals surface area contributed by atoms with E-state index in [2.05, 4.69) is 22.4 Å². The fourth-order valence-corrected chi connectivity index (χ4v) is 3.92. The number of carbonyl (C=O) groups excluding carboxylic acids is 1. The summed E-state index contributed by atoms with van der Waals surface area (Å²) in [6, 6.07) is 8.18. The van der Waals surface area contributed by atoms with Crippen LogP contribution >= 0.6 is 11.3 Å². The van der Waals surface area contributed by atoms with E-state index >= 15 is 0 Å². The van der Waals surface area contributed by atoms with E-state index in [1.165, 1.54) is 22.5 Å². The van der Waals surface area contributed by atoms with Crippen LogP contribution in [-0.4, -0.2) is 34.2 Å². The van der Waals surface area contributed by atoms with E-state index in [4.69, 9.17) is 0 Å². The molecule has 2 aromatic rings. The van der Waals surface area contributed by atoms with Gasteiger partial charge < -0.3 is 15.3 Å². The molecule has 0 bridgehead atoms. The van der Waals surface area contributed by atoms with Crippen molar-refractivity contribution >= 4 is 17.4 Å². The third-order valence-electron chi connectivity index (χ3n) is 4.46. The number of benzene rings is 1. The molecule has 2 atom stereocenters. The van der Waals surface area contributed by atoms with Gasteiger partial charge in [0, 0.05) is 24.7 Å². The molecule has 1 aliphatic carbocycles. The number of carbonyl (C=O) groups is 1. The zero-order valence-electron chi connectivity index (χ0n) is 13.8. The van der Waals surface area contributed by atoms with E-state index in [1.54, 1.807) is 6.20 Å². The molecule has 24 heavy (non-hydrogen) atoms. The number of nitrogens with one attached hydrogen (secondary N) is 1. The van der Waals surface area contributed by atoms with E-state index < -0.39 is 0 Å². The van der Waals surface area contributed by atoms with Crippen LogP contribution in [0.2, 0.25) is 0 Å². The molecular formula is C18H23N3O2S. The van der Waals surface area contributed by atoms with Crippen LogP contribution in [0.1, 0.15) is 48.0 Å². The first kappa shape index (κ1) is 16.9. The minimum absolute atomic E-state index is 0.0799. The molecule has 0 fully saturated rings. The van der Waals surface area contributed by atoms with Crippen molar-refractivity contribution in [1.82, 2.24) is 15.2 Å². The fraction of sp³-hybridized carbons (Fsp3) is 0.444. The average Bonchev–Trinajstić information content (AvgIpc) is 3.25. The smallest absolute Gasteiger partial charge is 0.318 e. The van der Waals surface area contributed by atoms with Crippen LogP contribution in [0, 0.1) is 0 Å². The summed E-state index contributed by atoms with van der Waals surface area (Å²) in [6.45, 7) is 2.58. The highest BCUT2D eigenvalue weighted by Gasteiger charge is 2.31. The molecule has 1 aromatic carbocycles. The Bertz CT molecular complexity index is 675. The van der Waals surface area contributed by atoms with Gasteiger partial charge in [-0.1, -0.05) is 24.3 Å². The van der Waals surface area contributed by atoms with Crippen molar-refractivity contribution < 1.29 is 9.90 Å². The summed E-state index contributed by atoms with van der Waals surface area (Å²) in [7, 11) is 0. The van der Waals surface area contributed by atoms with Gasteiger partial charge in [0.05, 0.1) is 12.1 Å². The van der Waals surface area contributed by atoms with Gasteiger partial charge in [-0.2, -0.15) is 0 Å². The molecule has 0 radical (unpaired) electrons. The molecule has 3 rings (SSSR count). The zero-order chi connectivity index (χ0) is 16.9. The number of aliphatic hydroxyl groups excluding tert-OH is 1. The van der Waals surface area contributed by atoms with Crippen LogP contribution in [0.15, 0.2) is 35.8 Å². The van der Waals surface area contributed by atoms with Crippen molar-refractivity contribution in [3.8, 4) is 0 Å². The molecule has 0 unspecified atom stereocenters. The molecule has 1 aliphatic rings. The van der Waals surface area contributed by atoms with Gasteiger partial charge in [-0.15, -0.1) is 11.3 Å². The second kappa shape index (κ2) is 7.77. The summed E-state index contributed by atoms with van der Waals surface area (Å²) >= 11 is 1.54. The number of hydrogen-bond donors (Lipinski definition) is 2. The number of thiazole rings is 1. The molecule has 6 heteroatoms. The monoisotopic (exact) mass is 345 g/mol. The number of hydrogen-bond acceptors (Lipinski definition) is 4. The Hall–Kier alpha value is -1.92. The minimum Gasteiger partial charge on any atom is -0.396 e. The van der Waals surface area contributed by atoms with Crippen molar-refractivity contribution in [2.24, 2.45) is 0 Å². The van der Waals surface area contributed by atoms with E-state index in [-0.39, 0.29) is 24.7 Å².